The molecule has 0 spiro atoms. The van der Waals surface area contributed by atoms with Gasteiger partial charge in [0.2, 0.25) is 5.91 Å². The van der Waals surface area contributed by atoms with Crippen LogP contribution in [-0.4, -0.2) is 12.5 Å². The molecule has 1 amide bonds. The summed E-state index contributed by atoms with van der Waals surface area (Å²) < 4.78 is 0.920. The number of nitrogens with one attached hydrogen (secondary N) is 1. The maximum Gasteiger partial charge on any atom is 0.244 e. The van der Waals surface area contributed by atoms with E-state index in [2.05, 4.69) is 21.2 Å². The van der Waals surface area contributed by atoms with Crippen molar-refractivity contribution in [2.45, 2.75) is 0 Å². The zero-order valence-corrected chi connectivity index (χ0v) is 11.6. The Labute approximate surface area is 119 Å². The third-order valence-electron chi connectivity index (χ3n) is 3.05. The van der Waals surface area contributed by atoms with Crippen LogP contribution in [0.1, 0.15) is 0 Å². The maximum atomic E-state index is 11.8. The van der Waals surface area contributed by atoms with Crippen LogP contribution in [0.25, 0.3) is 0 Å². The summed E-state index contributed by atoms with van der Waals surface area (Å²) in [5, 5.41) is 2.86. The van der Waals surface area contributed by atoms with Crippen LogP contribution < -0.4 is 16.0 Å². The van der Waals surface area contributed by atoms with Crippen molar-refractivity contribution in [3.05, 3.63) is 46.9 Å². The number of nitrogens with two attached hydrogens (primary N) is 1. The van der Waals surface area contributed by atoms with Gasteiger partial charge < -0.3 is 16.0 Å². The van der Waals surface area contributed by atoms with Gasteiger partial charge in [0.25, 0.3) is 0 Å². The molecule has 3 N–H and O–H groups in total. The Kier molecular flexibility index (Phi) is 2.91. The molecule has 0 unspecified atom stereocenters. The standard InChI is InChI=1S/C14H12BrN3O/c15-9-5-6-12(10(16)7-9)18-8-14(19)17-11-3-1-2-4-13(11)18/h1-7H,8,16H2,(H,17,19). The third-order valence-corrected chi connectivity index (χ3v) is 3.54. The Morgan fingerprint density at radius 1 is 1.16 bits per heavy atom. The lowest BCUT2D eigenvalue weighted by Crippen LogP contribution is -2.35. The number of amides is 1. The molecule has 1 aliphatic heterocycles. The van der Waals surface area contributed by atoms with Crippen LogP contribution in [-0.2, 0) is 4.79 Å². The van der Waals surface area contributed by atoms with Gasteiger partial charge in [-0.3, -0.25) is 4.79 Å². The first-order valence-electron chi connectivity index (χ1n) is 5.86. The van der Waals surface area contributed by atoms with Crippen molar-refractivity contribution in [2.75, 3.05) is 22.5 Å². The average Bonchev–Trinajstić information content (AvgIpc) is 2.38. The van der Waals surface area contributed by atoms with Crippen LogP contribution in [0.15, 0.2) is 46.9 Å². The maximum absolute atomic E-state index is 11.8. The highest BCUT2D eigenvalue weighted by Gasteiger charge is 2.23. The lowest BCUT2D eigenvalue weighted by atomic mass is 10.1. The summed E-state index contributed by atoms with van der Waals surface area (Å²) >= 11 is 3.39. The smallest absolute Gasteiger partial charge is 0.244 e. The number of carbonyl (C=O) groups is 1. The van der Waals surface area contributed by atoms with Crippen molar-refractivity contribution in [3.8, 4) is 0 Å². The average molecular weight is 318 g/mol. The first-order chi connectivity index (χ1) is 9.15. The Hall–Kier alpha value is -2.01. The highest BCUT2D eigenvalue weighted by molar-refractivity contribution is 9.10. The molecule has 0 bridgehead atoms. The second-order valence-electron chi connectivity index (χ2n) is 4.35. The molecule has 19 heavy (non-hydrogen) atoms. The van der Waals surface area contributed by atoms with E-state index in [9.17, 15) is 4.79 Å². The van der Waals surface area contributed by atoms with Crippen LogP contribution in [0.4, 0.5) is 22.7 Å². The monoisotopic (exact) mass is 317 g/mol. The molecule has 4 nitrogen and oxygen atoms in total. The minimum atomic E-state index is -0.0407. The molecule has 0 saturated heterocycles. The van der Waals surface area contributed by atoms with Gasteiger partial charge in [-0.1, -0.05) is 28.1 Å². The number of rotatable bonds is 1. The third kappa shape index (κ3) is 2.17. The molecule has 0 aromatic heterocycles. The van der Waals surface area contributed by atoms with Crippen molar-refractivity contribution in [3.63, 3.8) is 0 Å². The Balaban J connectivity index is 2.12. The minimum absolute atomic E-state index is 0.0407. The minimum Gasteiger partial charge on any atom is -0.397 e. The van der Waals surface area contributed by atoms with Crippen molar-refractivity contribution < 1.29 is 4.79 Å². The molecule has 5 heteroatoms. The number of halogens is 1. The van der Waals surface area contributed by atoms with Crippen LogP contribution >= 0.6 is 15.9 Å². The zero-order chi connectivity index (χ0) is 13.4. The first kappa shape index (κ1) is 12.0. The van der Waals surface area contributed by atoms with Crippen LogP contribution in [0.3, 0.4) is 0 Å². The number of para-hydroxylation sites is 2. The van der Waals surface area contributed by atoms with E-state index < -0.39 is 0 Å². The van der Waals surface area contributed by atoms with Crippen molar-refractivity contribution in [1.29, 1.82) is 0 Å². The highest BCUT2D eigenvalue weighted by atomic mass is 79.9. The fourth-order valence-electron chi connectivity index (χ4n) is 2.22. The van der Waals surface area contributed by atoms with E-state index in [1.54, 1.807) is 0 Å². The van der Waals surface area contributed by atoms with E-state index >= 15 is 0 Å². The molecular formula is C14H12BrN3O. The van der Waals surface area contributed by atoms with Crippen LogP contribution in [0, 0.1) is 0 Å². The quantitative estimate of drug-likeness (QED) is 0.794. The summed E-state index contributed by atoms with van der Waals surface area (Å²) in [5.41, 5.74) is 9.29. The van der Waals surface area contributed by atoms with E-state index in [0.717, 1.165) is 21.5 Å². The predicted molar refractivity (Wildman–Crippen MR) is 80.6 cm³/mol. The molecule has 0 atom stereocenters. The summed E-state index contributed by atoms with van der Waals surface area (Å²) in [4.78, 5) is 13.7. The Bertz CT molecular complexity index is 657. The molecule has 2 aromatic rings. The molecule has 0 radical (unpaired) electrons. The topological polar surface area (TPSA) is 58.4 Å². The molecule has 96 valence electrons. The van der Waals surface area contributed by atoms with Gasteiger partial charge in [0.1, 0.15) is 6.54 Å². The number of carbonyl (C=O) groups excluding carboxylic acids is 1. The summed E-state index contributed by atoms with van der Waals surface area (Å²) in [5.74, 6) is -0.0407. The fourth-order valence-corrected chi connectivity index (χ4v) is 2.60. The molecule has 0 fully saturated rings. The number of fused-ring (bicyclic) bond motifs is 1. The number of nitrogen functional groups attached to an aromatic ring is 1. The Morgan fingerprint density at radius 2 is 1.95 bits per heavy atom. The van der Waals surface area contributed by atoms with Gasteiger partial charge in [0.05, 0.1) is 22.7 Å². The lowest BCUT2D eigenvalue weighted by molar-refractivity contribution is -0.115. The van der Waals surface area contributed by atoms with E-state index in [1.165, 1.54) is 0 Å². The van der Waals surface area contributed by atoms with Crippen molar-refractivity contribution >= 4 is 44.6 Å². The number of anilines is 4. The summed E-state index contributed by atoms with van der Waals surface area (Å²) in [6.45, 7) is 0.267. The van der Waals surface area contributed by atoms with Crippen LogP contribution in [0.2, 0.25) is 0 Å². The lowest BCUT2D eigenvalue weighted by Gasteiger charge is -2.31. The van der Waals surface area contributed by atoms with Gasteiger partial charge in [0.15, 0.2) is 0 Å². The van der Waals surface area contributed by atoms with E-state index in [0.29, 0.717) is 5.69 Å². The molecule has 3 rings (SSSR count). The number of hydrogen-bond donors (Lipinski definition) is 2. The van der Waals surface area contributed by atoms with E-state index in [4.69, 9.17) is 5.73 Å². The van der Waals surface area contributed by atoms with Gasteiger partial charge in [0, 0.05) is 4.47 Å². The second kappa shape index (κ2) is 4.59. The molecule has 1 heterocycles. The van der Waals surface area contributed by atoms with Gasteiger partial charge >= 0.3 is 0 Å². The number of benzene rings is 2. The first-order valence-corrected chi connectivity index (χ1v) is 6.66. The fraction of sp³-hybridized carbons (Fsp3) is 0.0714. The SMILES string of the molecule is Nc1cc(Br)ccc1N1CC(=O)Nc2ccccc21. The largest absolute Gasteiger partial charge is 0.397 e. The Morgan fingerprint density at radius 3 is 2.74 bits per heavy atom. The summed E-state index contributed by atoms with van der Waals surface area (Å²) in [6, 6.07) is 13.4. The number of nitrogens with zero attached hydrogens (tertiary/aromatic N) is 1. The van der Waals surface area contributed by atoms with Crippen LogP contribution in [0.5, 0.6) is 0 Å². The second-order valence-corrected chi connectivity index (χ2v) is 5.27. The van der Waals surface area contributed by atoms with Gasteiger partial charge in [-0.25, -0.2) is 0 Å². The normalized spacial score (nSPS) is 13.9. The van der Waals surface area contributed by atoms with Crippen molar-refractivity contribution in [2.24, 2.45) is 0 Å². The molecule has 1 aliphatic rings. The van der Waals surface area contributed by atoms with Gasteiger partial charge in [-0.2, -0.15) is 0 Å². The molecular weight excluding hydrogens is 306 g/mol. The highest BCUT2D eigenvalue weighted by Crippen LogP contribution is 2.38. The predicted octanol–water partition coefficient (Wildman–Crippen LogP) is 3.12. The summed E-state index contributed by atoms with van der Waals surface area (Å²) in [6.07, 6.45) is 0. The molecule has 2 aromatic carbocycles. The molecule has 0 aliphatic carbocycles. The molecule has 0 saturated carbocycles. The summed E-state index contributed by atoms with van der Waals surface area (Å²) in [7, 11) is 0. The zero-order valence-electron chi connectivity index (χ0n) is 10.1. The number of hydrogen-bond acceptors (Lipinski definition) is 3. The van der Waals surface area contributed by atoms with E-state index in [1.807, 2.05) is 47.4 Å². The van der Waals surface area contributed by atoms with Crippen molar-refractivity contribution in [1.82, 2.24) is 0 Å². The van der Waals surface area contributed by atoms with Gasteiger partial charge in [-0.15, -0.1) is 0 Å². The van der Waals surface area contributed by atoms with Gasteiger partial charge in [-0.05, 0) is 30.3 Å². The van der Waals surface area contributed by atoms with E-state index in [-0.39, 0.29) is 12.5 Å².